The molecule has 0 radical (unpaired) electrons. The Morgan fingerprint density at radius 3 is 2.93 bits per heavy atom. The van der Waals surface area contributed by atoms with E-state index in [0.29, 0.717) is 0 Å². The Morgan fingerprint density at radius 2 is 2.47 bits per heavy atom. The SMILES string of the molecule is CCC1(c2cccnc2)NC(=O)C(C)S1. The van der Waals surface area contributed by atoms with Gasteiger partial charge in [0.05, 0.1) is 5.25 Å². The van der Waals surface area contributed by atoms with Crippen molar-refractivity contribution in [2.75, 3.05) is 0 Å². The van der Waals surface area contributed by atoms with Gasteiger partial charge in [0.1, 0.15) is 4.87 Å². The molecule has 2 heterocycles. The lowest BCUT2D eigenvalue weighted by Gasteiger charge is -2.26. The molecule has 2 atom stereocenters. The van der Waals surface area contributed by atoms with Gasteiger partial charge in [-0.2, -0.15) is 0 Å². The van der Waals surface area contributed by atoms with Crippen molar-refractivity contribution in [2.24, 2.45) is 0 Å². The first-order valence-corrected chi connectivity index (χ1v) is 5.96. The summed E-state index contributed by atoms with van der Waals surface area (Å²) in [6, 6.07) is 3.92. The Kier molecular flexibility index (Phi) is 2.69. The molecule has 1 aromatic heterocycles. The van der Waals surface area contributed by atoms with E-state index < -0.39 is 0 Å². The number of nitrogens with one attached hydrogen (secondary N) is 1. The van der Waals surface area contributed by atoms with Crippen molar-refractivity contribution < 1.29 is 4.79 Å². The molecule has 3 nitrogen and oxygen atoms in total. The number of nitrogens with zero attached hydrogens (tertiary/aromatic N) is 1. The van der Waals surface area contributed by atoms with Crippen LogP contribution < -0.4 is 5.32 Å². The first-order valence-electron chi connectivity index (χ1n) is 5.08. The van der Waals surface area contributed by atoms with Crippen LogP contribution in [0.4, 0.5) is 0 Å². The topological polar surface area (TPSA) is 42.0 Å². The Morgan fingerprint density at radius 1 is 1.67 bits per heavy atom. The number of aromatic nitrogens is 1. The summed E-state index contributed by atoms with van der Waals surface area (Å²) < 4.78 is 0. The Hall–Kier alpha value is -1.03. The van der Waals surface area contributed by atoms with Gasteiger partial charge in [0.2, 0.25) is 5.91 Å². The van der Waals surface area contributed by atoms with Gasteiger partial charge in [0, 0.05) is 18.0 Å². The molecule has 1 aliphatic heterocycles. The summed E-state index contributed by atoms with van der Waals surface area (Å²) in [5.74, 6) is 0.116. The van der Waals surface area contributed by atoms with E-state index in [2.05, 4.69) is 17.2 Å². The van der Waals surface area contributed by atoms with Crippen molar-refractivity contribution >= 4 is 17.7 Å². The monoisotopic (exact) mass is 222 g/mol. The third kappa shape index (κ3) is 1.74. The van der Waals surface area contributed by atoms with Crippen molar-refractivity contribution in [3.05, 3.63) is 30.1 Å². The number of thioether (sulfide) groups is 1. The van der Waals surface area contributed by atoms with Crippen LogP contribution in [0.15, 0.2) is 24.5 Å². The highest BCUT2D eigenvalue weighted by atomic mass is 32.2. The van der Waals surface area contributed by atoms with E-state index in [9.17, 15) is 4.79 Å². The second kappa shape index (κ2) is 3.85. The van der Waals surface area contributed by atoms with E-state index in [1.165, 1.54) is 0 Å². The molecule has 0 aliphatic carbocycles. The lowest BCUT2D eigenvalue weighted by molar-refractivity contribution is -0.120. The van der Waals surface area contributed by atoms with Gasteiger partial charge in [-0.05, 0) is 19.4 Å². The van der Waals surface area contributed by atoms with E-state index in [1.807, 2.05) is 25.3 Å². The minimum absolute atomic E-state index is 0.0187. The molecule has 1 aromatic rings. The van der Waals surface area contributed by atoms with Gasteiger partial charge in [-0.3, -0.25) is 9.78 Å². The quantitative estimate of drug-likeness (QED) is 0.831. The van der Waals surface area contributed by atoms with Gasteiger partial charge in [0.15, 0.2) is 0 Å². The second-order valence-electron chi connectivity index (χ2n) is 3.67. The smallest absolute Gasteiger partial charge is 0.234 e. The highest BCUT2D eigenvalue weighted by molar-refractivity contribution is 8.02. The maximum absolute atomic E-state index is 11.6. The molecule has 1 aliphatic rings. The van der Waals surface area contributed by atoms with Crippen LogP contribution in [0.2, 0.25) is 0 Å². The van der Waals surface area contributed by atoms with Gasteiger partial charge in [-0.15, -0.1) is 11.8 Å². The van der Waals surface area contributed by atoms with Crippen molar-refractivity contribution in [3.63, 3.8) is 0 Å². The predicted octanol–water partition coefficient (Wildman–Crippen LogP) is 1.90. The van der Waals surface area contributed by atoms with Crippen molar-refractivity contribution in [2.45, 2.75) is 30.4 Å². The zero-order chi connectivity index (χ0) is 10.9. The van der Waals surface area contributed by atoms with Gasteiger partial charge >= 0.3 is 0 Å². The molecule has 80 valence electrons. The maximum Gasteiger partial charge on any atom is 0.234 e. The second-order valence-corrected chi connectivity index (χ2v) is 5.31. The van der Waals surface area contributed by atoms with Gasteiger partial charge in [0.25, 0.3) is 0 Å². The number of hydrogen-bond donors (Lipinski definition) is 1. The lowest BCUT2D eigenvalue weighted by atomic mass is 10.1. The summed E-state index contributed by atoms with van der Waals surface area (Å²) in [5, 5.41) is 3.09. The van der Waals surface area contributed by atoms with Gasteiger partial charge < -0.3 is 5.32 Å². The molecule has 1 saturated heterocycles. The minimum Gasteiger partial charge on any atom is -0.337 e. The normalized spacial score (nSPS) is 30.3. The summed E-state index contributed by atoms with van der Waals surface area (Å²) in [4.78, 5) is 15.4. The zero-order valence-electron chi connectivity index (χ0n) is 8.86. The highest BCUT2D eigenvalue weighted by Crippen LogP contribution is 2.43. The molecule has 4 heteroatoms. The summed E-state index contributed by atoms with van der Waals surface area (Å²) in [6.07, 6.45) is 4.45. The average Bonchev–Trinajstić information content (AvgIpc) is 2.57. The summed E-state index contributed by atoms with van der Waals surface area (Å²) in [6.45, 7) is 4.02. The molecule has 2 unspecified atom stereocenters. The van der Waals surface area contributed by atoms with Crippen LogP contribution in [-0.4, -0.2) is 16.1 Å². The van der Waals surface area contributed by atoms with Crippen LogP contribution in [0.25, 0.3) is 0 Å². The number of carbonyl (C=O) groups is 1. The first-order chi connectivity index (χ1) is 7.18. The summed E-state index contributed by atoms with van der Waals surface area (Å²) in [5.41, 5.74) is 1.08. The number of hydrogen-bond acceptors (Lipinski definition) is 3. The van der Waals surface area contributed by atoms with E-state index in [-0.39, 0.29) is 16.0 Å². The van der Waals surface area contributed by atoms with E-state index >= 15 is 0 Å². The molecule has 1 N–H and O–H groups in total. The maximum atomic E-state index is 11.6. The van der Waals surface area contributed by atoms with Crippen LogP contribution in [0.3, 0.4) is 0 Å². The molecular weight excluding hydrogens is 208 g/mol. The van der Waals surface area contributed by atoms with Gasteiger partial charge in [-0.1, -0.05) is 13.0 Å². The lowest BCUT2D eigenvalue weighted by Crippen LogP contribution is -2.36. The highest BCUT2D eigenvalue weighted by Gasteiger charge is 2.42. The molecule has 0 bridgehead atoms. The minimum atomic E-state index is -0.273. The predicted molar refractivity (Wildman–Crippen MR) is 61.4 cm³/mol. The van der Waals surface area contributed by atoms with Crippen molar-refractivity contribution in [1.29, 1.82) is 0 Å². The van der Waals surface area contributed by atoms with E-state index in [4.69, 9.17) is 0 Å². The number of pyridine rings is 1. The Balaban J connectivity index is 2.36. The van der Waals surface area contributed by atoms with Crippen LogP contribution in [0, 0.1) is 0 Å². The average molecular weight is 222 g/mol. The molecular formula is C11H14N2OS. The molecule has 1 amide bonds. The largest absolute Gasteiger partial charge is 0.337 e. The number of rotatable bonds is 2. The van der Waals surface area contributed by atoms with Crippen LogP contribution in [0.1, 0.15) is 25.8 Å². The molecule has 15 heavy (non-hydrogen) atoms. The summed E-state index contributed by atoms with van der Waals surface area (Å²) in [7, 11) is 0. The third-order valence-electron chi connectivity index (χ3n) is 2.70. The fourth-order valence-corrected chi connectivity index (χ4v) is 3.16. The Labute approximate surface area is 93.7 Å². The molecule has 0 aromatic carbocycles. The third-order valence-corrected chi connectivity index (χ3v) is 4.29. The molecule has 2 rings (SSSR count). The van der Waals surface area contributed by atoms with E-state index in [1.54, 1.807) is 18.0 Å². The molecule has 0 spiro atoms. The fourth-order valence-electron chi connectivity index (χ4n) is 1.80. The van der Waals surface area contributed by atoms with Crippen LogP contribution in [-0.2, 0) is 9.67 Å². The number of carbonyl (C=O) groups excluding carboxylic acids is 1. The van der Waals surface area contributed by atoms with Gasteiger partial charge in [-0.25, -0.2) is 0 Å². The van der Waals surface area contributed by atoms with Crippen molar-refractivity contribution in [3.8, 4) is 0 Å². The first kappa shape index (κ1) is 10.5. The van der Waals surface area contributed by atoms with Crippen LogP contribution >= 0.6 is 11.8 Å². The summed E-state index contributed by atoms with van der Waals surface area (Å²) >= 11 is 1.67. The molecule has 1 fully saturated rings. The fraction of sp³-hybridized carbons (Fsp3) is 0.455. The van der Waals surface area contributed by atoms with Crippen LogP contribution in [0.5, 0.6) is 0 Å². The van der Waals surface area contributed by atoms with Crippen molar-refractivity contribution in [1.82, 2.24) is 10.3 Å². The number of amides is 1. The standard InChI is InChI=1S/C11H14N2OS/c1-3-11(9-5-4-6-12-7-9)13-10(14)8(2)15-11/h4-8H,3H2,1-2H3,(H,13,14). The van der Waals surface area contributed by atoms with E-state index in [0.717, 1.165) is 12.0 Å². The Bertz CT molecular complexity index is 368. The molecule has 0 saturated carbocycles. The zero-order valence-corrected chi connectivity index (χ0v) is 9.67.